The summed E-state index contributed by atoms with van der Waals surface area (Å²) in [5.74, 6) is 0.820. The number of amides is 1. The Balaban J connectivity index is 1.53. The summed E-state index contributed by atoms with van der Waals surface area (Å²) in [5, 5.41) is 2.91. The first kappa shape index (κ1) is 21.1. The van der Waals surface area contributed by atoms with Crippen molar-refractivity contribution in [1.29, 1.82) is 0 Å². The van der Waals surface area contributed by atoms with Crippen LogP contribution in [0.5, 0.6) is 0 Å². The fraction of sp³-hybridized carbons (Fsp3) is 0.304. The summed E-state index contributed by atoms with van der Waals surface area (Å²) in [6, 6.07) is 14.2. The number of carbonyl (C=O) groups is 1. The minimum absolute atomic E-state index is 0.0285. The zero-order valence-corrected chi connectivity index (χ0v) is 16.9. The van der Waals surface area contributed by atoms with Gasteiger partial charge in [0.15, 0.2) is 0 Å². The predicted octanol–water partition coefficient (Wildman–Crippen LogP) is 4.21. The number of aromatic nitrogens is 1. The molecular weight excluding hydrogens is 407 g/mol. The van der Waals surface area contributed by atoms with Crippen LogP contribution in [0.4, 0.5) is 13.2 Å². The monoisotopic (exact) mass is 429 g/mol. The fourth-order valence-electron chi connectivity index (χ4n) is 3.70. The molecule has 0 bridgehead atoms. The van der Waals surface area contributed by atoms with Crippen LogP contribution in [-0.4, -0.2) is 34.9 Å². The highest BCUT2D eigenvalue weighted by molar-refractivity contribution is 5.82. The van der Waals surface area contributed by atoms with E-state index in [4.69, 9.17) is 4.42 Å². The van der Waals surface area contributed by atoms with Crippen molar-refractivity contribution in [3.63, 3.8) is 0 Å². The van der Waals surface area contributed by atoms with Crippen LogP contribution in [0.3, 0.4) is 0 Å². The molecular formula is C23H22F3N3O2. The van der Waals surface area contributed by atoms with Gasteiger partial charge in [-0.1, -0.05) is 30.3 Å². The molecule has 2 heterocycles. The van der Waals surface area contributed by atoms with Gasteiger partial charge < -0.3 is 9.73 Å². The second-order valence-electron chi connectivity index (χ2n) is 7.56. The third-order valence-electron chi connectivity index (χ3n) is 5.42. The molecule has 1 amide bonds. The normalized spacial score (nSPS) is 17.5. The van der Waals surface area contributed by atoms with Gasteiger partial charge in [-0.25, -0.2) is 4.98 Å². The average molecular weight is 429 g/mol. The summed E-state index contributed by atoms with van der Waals surface area (Å²) in [6.45, 7) is 3.41. The van der Waals surface area contributed by atoms with Crippen molar-refractivity contribution in [2.75, 3.05) is 13.1 Å². The Morgan fingerprint density at radius 2 is 1.84 bits per heavy atom. The van der Waals surface area contributed by atoms with Crippen molar-refractivity contribution in [3.8, 4) is 11.5 Å². The number of hydrogen-bond donors (Lipinski definition) is 1. The number of hydrogen-bond acceptors (Lipinski definition) is 4. The van der Waals surface area contributed by atoms with Crippen molar-refractivity contribution < 1.29 is 22.4 Å². The third-order valence-corrected chi connectivity index (χ3v) is 5.42. The van der Waals surface area contributed by atoms with Crippen LogP contribution in [-0.2, 0) is 23.9 Å². The SMILES string of the molecule is Cc1oc(-c2ccc(C(F)(F)F)cc2)nc1CN1CCNC(=O)[C@H]1Cc1ccccc1. The Bertz CT molecular complexity index is 1050. The van der Waals surface area contributed by atoms with Crippen LogP contribution in [0.2, 0.25) is 0 Å². The Kier molecular flexibility index (Phi) is 5.82. The molecule has 0 saturated carbocycles. The summed E-state index contributed by atoms with van der Waals surface area (Å²) < 4.78 is 44.1. The second-order valence-corrected chi connectivity index (χ2v) is 7.56. The summed E-state index contributed by atoms with van der Waals surface area (Å²) in [6.07, 6.45) is -3.81. The molecule has 1 saturated heterocycles. The first-order valence-electron chi connectivity index (χ1n) is 10.0. The lowest BCUT2D eigenvalue weighted by Crippen LogP contribution is -2.55. The van der Waals surface area contributed by atoms with Gasteiger partial charge in [0.1, 0.15) is 5.76 Å². The van der Waals surface area contributed by atoms with E-state index in [2.05, 4.69) is 15.2 Å². The Hall–Kier alpha value is -3.13. The highest BCUT2D eigenvalue weighted by Gasteiger charge is 2.32. The van der Waals surface area contributed by atoms with E-state index in [0.717, 1.165) is 17.7 Å². The molecule has 1 aromatic heterocycles. The van der Waals surface area contributed by atoms with Gasteiger partial charge in [0.05, 0.1) is 17.3 Å². The number of rotatable bonds is 5. The molecule has 1 N–H and O–H groups in total. The molecule has 1 fully saturated rings. The smallest absolute Gasteiger partial charge is 0.416 e. The number of nitrogens with zero attached hydrogens (tertiary/aromatic N) is 2. The van der Waals surface area contributed by atoms with Gasteiger partial charge in [-0.2, -0.15) is 13.2 Å². The lowest BCUT2D eigenvalue weighted by atomic mass is 10.0. The van der Waals surface area contributed by atoms with E-state index in [1.807, 2.05) is 30.3 Å². The molecule has 0 radical (unpaired) electrons. The zero-order chi connectivity index (χ0) is 22.0. The maximum absolute atomic E-state index is 12.8. The molecule has 8 heteroatoms. The summed E-state index contributed by atoms with van der Waals surface area (Å²) in [5.41, 5.74) is 1.49. The number of piperazine rings is 1. The number of halogens is 3. The van der Waals surface area contributed by atoms with Crippen molar-refractivity contribution in [2.45, 2.75) is 32.1 Å². The van der Waals surface area contributed by atoms with Crippen LogP contribution in [0.25, 0.3) is 11.5 Å². The van der Waals surface area contributed by atoms with E-state index >= 15 is 0 Å². The van der Waals surface area contributed by atoms with Gasteiger partial charge in [0.25, 0.3) is 0 Å². The van der Waals surface area contributed by atoms with Gasteiger partial charge in [0.2, 0.25) is 11.8 Å². The Labute approximate surface area is 177 Å². The topological polar surface area (TPSA) is 58.4 Å². The third kappa shape index (κ3) is 4.80. The van der Waals surface area contributed by atoms with Crippen molar-refractivity contribution in [1.82, 2.24) is 15.2 Å². The molecule has 1 aliphatic heterocycles. The van der Waals surface area contributed by atoms with Crippen LogP contribution in [0.15, 0.2) is 59.0 Å². The second kappa shape index (κ2) is 8.55. The number of benzene rings is 2. The van der Waals surface area contributed by atoms with Gasteiger partial charge >= 0.3 is 6.18 Å². The number of oxazole rings is 1. The largest absolute Gasteiger partial charge is 0.441 e. The van der Waals surface area contributed by atoms with Crippen molar-refractivity contribution in [3.05, 3.63) is 77.2 Å². The number of aryl methyl sites for hydroxylation is 1. The Morgan fingerprint density at radius 1 is 1.13 bits per heavy atom. The zero-order valence-electron chi connectivity index (χ0n) is 16.9. The fourth-order valence-corrected chi connectivity index (χ4v) is 3.70. The van der Waals surface area contributed by atoms with Gasteiger partial charge in [0, 0.05) is 25.2 Å². The summed E-state index contributed by atoms with van der Waals surface area (Å²) in [7, 11) is 0. The van der Waals surface area contributed by atoms with Gasteiger partial charge in [-0.05, 0) is 43.2 Å². The molecule has 1 atom stereocenters. The van der Waals surface area contributed by atoms with Crippen molar-refractivity contribution >= 4 is 5.91 Å². The van der Waals surface area contributed by atoms with Gasteiger partial charge in [-0.15, -0.1) is 0 Å². The van der Waals surface area contributed by atoms with Gasteiger partial charge in [-0.3, -0.25) is 9.69 Å². The lowest BCUT2D eigenvalue weighted by Gasteiger charge is -2.34. The highest BCUT2D eigenvalue weighted by Crippen LogP contribution is 2.31. The quantitative estimate of drug-likeness (QED) is 0.660. The summed E-state index contributed by atoms with van der Waals surface area (Å²) >= 11 is 0. The first-order valence-corrected chi connectivity index (χ1v) is 10.0. The molecule has 162 valence electrons. The summed E-state index contributed by atoms with van der Waals surface area (Å²) in [4.78, 5) is 19.1. The van der Waals surface area contributed by atoms with E-state index in [1.165, 1.54) is 12.1 Å². The van der Waals surface area contributed by atoms with E-state index in [1.54, 1.807) is 6.92 Å². The number of nitrogens with one attached hydrogen (secondary N) is 1. The average Bonchev–Trinajstić information content (AvgIpc) is 3.11. The maximum atomic E-state index is 12.8. The molecule has 5 nitrogen and oxygen atoms in total. The van der Waals surface area contributed by atoms with Crippen LogP contribution in [0.1, 0.15) is 22.6 Å². The highest BCUT2D eigenvalue weighted by atomic mass is 19.4. The molecule has 4 rings (SSSR count). The number of carbonyl (C=O) groups excluding carboxylic acids is 1. The van der Waals surface area contributed by atoms with E-state index in [0.29, 0.717) is 43.1 Å². The molecule has 0 unspecified atom stereocenters. The maximum Gasteiger partial charge on any atom is 0.416 e. The minimum atomic E-state index is -4.39. The van der Waals surface area contributed by atoms with Crippen LogP contribution < -0.4 is 5.32 Å². The minimum Gasteiger partial charge on any atom is -0.441 e. The van der Waals surface area contributed by atoms with Crippen molar-refractivity contribution in [2.24, 2.45) is 0 Å². The standard InChI is InChI=1S/C23H22F3N3O2/c1-15-19(28-22(31-15)17-7-9-18(10-8-17)23(24,25)26)14-29-12-11-27-21(30)20(29)13-16-5-3-2-4-6-16/h2-10,20H,11-14H2,1H3,(H,27,30)/t20-/m1/s1. The first-order chi connectivity index (χ1) is 14.8. The Morgan fingerprint density at radius 3 is 2.52 bits per heavy atom. The predicted molar refractivity (Wildman–Crippen MR) is 109 cm³/mol. The lowest BCUT2D eigenvalue weighted by molar-refractivity contribution is -0.137. The molecule has 0 aliphatic carbocycles. The van der Waals surface area contributed by atoms with E-state index in [-0.39, 0.29) is 17.8 Å². The van der Waals surface area contributed by atoms with Crippen LogP contribution >= 0.6 is 0 Å². The van der Waals surface area contributed by atoms with Crippen LogP contribution in [0, 0.1) is 6.92 Å². The molecule has 31 heavy (non-hydrogen) atoms. The molecule has 1 aliphatic rings. The van der Waals surface area contributed by atoms with E-state index < -0.39 is 11.7 Å². The molecule has 2 aromatic carbocycles. The molecule has 3 aromatic rings. The number of alkyl halides is 3. The van der Waals surface area contributed by atoms with E-state index in [9.17, 15) is 18.0 Å². The molecule has 0 spiro atoms.